The predicted molar refractivity (Wildman–Crippen MR) is 116 cm³/mol. The number of aromatic nitrogens is 1. The monoisotopic (exact) mass is 426 g/mol. The van der Waals surface area contributed by atoms with E-state index >= 15 is 0 Å². The minimum absolute atomic E-state index is 0.236. The number of aryl methyl sites for hydroxylation is 1. The highest BCUT2D eigenvalue weighted by atomic mass is 35.5. The van der Waals surface area contributed by atoms with Crippen LogP contribution in [0.25, 0.3) is 21.5 Å². The number of halogens is 1. The van der Waals surface area contributed by atoms with Gasteiger partial charge in [0.05, 0.1) is 12.8 Å². The van der Waals surface area contributed by atoms with E-state index in [0.717, 1.165) is 33.0 Å². The van der Waals surface area contributed by atoms with Crippen molar-refractivity contribution in [3.8, 4) is 16.3 Å². The summed E-state index contributed by atoms with van der Waals surface area (Å²) in [5.41, 5.74) is 3.42. The Morgan fingerprint density at radius 2 is 2.03 bits per heavy atom. The van der Waals surface area contributed by atoms with Gasteiger partial charge in [0, 0.05) is 39.9 Å². The highest BCUT2D eigenvalue weighted by Gasteiger charge is 2.17. The molecule has 1 amide bonds. The van der Waals surface area contributed by atoms with Gasteiger partial charge in [0.15, 0.2) is 5.76 Å². The molecule has 1 N–H and O–H groups in total. The number of ether oxygens (including phenoxy) is 1. The normalized spacial score (nSPS) is 11.0. The minimum Gasteiger partial charge on any atom is -0.497 e. The minimum atomic E-state index is -0.236. The zero-order chi connectivity index (χ0) is 20.4. The zero-order valence-electron chi connectivity index (χ0n) is 16.0. The van der Waals surface area contributed by atoms with Gasteiger partial charge in [-0.3, -0.25) is 4.79 Å². The van der Waals surface area contributed by atoms with Crippen LogP contribution in [-0.4, -0.2) is 24.5 Å². The van der Waals surface area contributed by atoms with E-state index < -0.39 is 0 Å². The van der Waals surface area contributed by atoms with Gasteiger partial charge in [-0.05, 0) is 49.4 Å². The summed E-state index contributed by atoms with van der Waals surface area (Å²) >= 11 is 7.62. The van der Waals surface area contributed by atoms with Gasteiger partial charge < -0.3 is 14.5 Å². The van der Waals surface area contributed by atoms with Crippen molar-refractivity contribution in [1.82, 2.24) is 10.3 Å². The largest absolute Gasteiger partial charge is 0.497 e. The summed E-state index contributed by atoms with van der Waals surface area (Å²) < 4.78 is 10.9. The summed E-state index contributed by atoms with van der Waals surface area (Å²) in [5, 5.41) is 7.34. The van der Waals surface area contributed by atoms with Crippen molar-refractivity contribution in [3.63, 3.8) is 0 Å². The summed E-state index contributed by atoms with van der Waals surface area (Å²) in [7, 11) is 1.65. The smallest absolute Gasteiger partial charge is 0.287 e. The van der Waals surface area contributed by atoms with Crippen LogP contribution in [0.3, 0.4) is 0 Å². The number of methoxy groups -OCH3 is 1. The molecule has 0 bridgehead atoms. The molecule has 4 rings (SSSR count). The lowest BCUT2D eigenvalue weighted by Gasteiger charge is -2.02. The molecule has 0 saturated carbocycles. The molecule has 0 unspecified atom stereocenters. The molecule has 0 aliphatic carbocycles. The molecule has 2 aromatic carbocycles. The Balaban J connectivity index is 1.38. The molecule has 0 aliphatic rings. The number of hydrogen-bond acceptors (Lipinski definition) is 5. The molecule has 0 spiro atoms. The molecule has 29 heavy (non-hydrogen) atoms. The molecule has 7 heteroatoms. The molecule has 0 aliphatic heterocycles. The summed E-state index contributed by atoms with van der Waals surface area (Å²) in [4.78, 5) is 17.2. The Hall–Kier alpha value is -2.83. The Morgan fingerprint density at radius 3 is 2.79 bits per heavy atom. The van der Waals surface area contributed by atoms with Crippen molar-refractivity contribution in [2.75, 3.05) is 13.7 Å². The first-order chi connectivity index (χ1) is 14.0. The van der Waals surface area contributed by atoms with Crippen LogP contribution < -0.4 is 10.1 Å². The van der Waals surface area contributed by atoms with E-state index in [1.807, 2.05) is 42.6 Å². The van der Waals surface area contributed by atoms with Crippen LogP contribution in [-0.2, 0) is 6.42 Å². The number of nitrogens with one attached hydrogen (secondary N) is 1. The highest BCUT2D eigenvalue weighted by Crippen LogP contribution is 2.28. The third-order valence-corrected chi connectivity index (χ3v) is 5.84. The Bertz CT molecular complexity index is 1160. The average Bonchev–Trinajstić information content (AvgIpc) is 3.33. The average molecular weight is 427 g/mol. The first-order valence-corrected chi connectivity index (χ1v) is 10.4. The number of hydrogen-bond donors (Lipinski definition) is 1. The third-order valence-electron chi connectivity index (χ3n) is 4.66. The van der Waals surface area contributed by atoms with Gasteiger partial charge in [0.1, 0.15) is 16.3 Å². The number of carbonyl (C=O) groups is 1. The Morgan fingerprint density at radius 1 is 1.24 bits per heavy atom. The van der Waals surface area contributed by atoms with Gasteiger partial charge in [-0.2, -0.15) is 0 Å². The summed E-state index contributed by atoms with van der Waals surface area (Å²) in [6.07, 6.45) is 0.642. The maximum Gasteiger partial charge on any atom is 0.287 e. The van der Waals surface area contributed by atoms with Crippen LogP contribution in [0.4, 0.5) is 0 Å². The van der Waals surface area contributed by atoms with Crippen molar-refractivity contribution >= 4 is 39.8 Å². The maximum absolute atomic E-state index is 12.5. The number of thiazole rings is 1. The molecule has 2 aromatic heterocycles. The second-order valence-corrected chi connectivity index (χ2v) is 7.87. The molecular weight excluding hydrogens is 408 g/mol. The SMILES string of the molecule is COc1ccc(-c2nc(CCNC(=O)c3oc4ccc(Cl)cc4c3C)cs2)cc1. The van der Waals surface area contributed by atoms with Gasteiger partial charge >= 0.3 is 0 Å². The van der Waals surface area contributed by atoms with E-state index in [9.17, 15) is 4.79 Å². The molecular formula is C22H19ClN2O3S. The topological polar surface area (TPSA) is 64.4 Å². The van der Waals surface area contributed by atoms with Crippen LogP contribution in [0, 0.1) is 6.92 Å². The van der Waals surface area contributed by atoms with E-state index in [-0.39, 0.29) is 5.91 Å². The third kappa shape index (κ3) is 4.13. The number of carbonyl (C=O) groups excluding carboxylic acids is 1. The van der Waals surface area contributed by atoms with Crippen LogP contribution in [0.5, 0.6) is 5.75 Å². The number of nitrogens with zero attached hydrogens (tertiary/aromatic N) is 1. The lowest BCUT2D eigenvalue weighted by molar-refractivity contribution is 0.0927. The van der Waals surface area contributed by atoms with Gasteiger partial charge in [-0.15, -0.1) is 11.3 Å². The Labute approximate surface area is 177 Å². The fourth-order valence-electron chi connectivity index (χ4n) is 3.08. The fourth-order valence-corrected chi connectivity index (χ4v) is 4.11. The molecule has 0 radical (unpaired) electrons. The van der Waals surface area contributed by atoms with Crippen molar-refractivity contribution in [2.45, 2.75) is 13.3 Å². The molecule has 5 nitrogen and oxygen atoms in total. The van der Waals surface area contributed by atoms with E-state index in [4.69, 9.17) is 20.8 Å². The van der Waals surface area contributed by atoms with E-state index in [1.54, 1.807) is 30.6 Å². The lowest BCUT2D eigenvalue weighted by Crippen LogP contribution is -2.25. The molecule has 0 atom stereocenters. The van der Waals surface area contributed by atoms with E-state index in [2.05, 4.69) is 10.3 Å². The fraction of sp³-hybridized carbons (Fsp3) is 0.182. The van der Waals surface area contributed by atoms with Gasteiger partial charge in [-0.25, -0.2) is 4.98 Å². The van der Waals surface area contributed by atoms with Gasteiger partial charge in [0.2, 0.25) is 0 Å². The summed E-state index contributed by atoms with van der Waals surface area (Å²) in [5.74, 6) is 0.899. The van der Waals surface area contributed by atoms with Crippen molar-refractivity contribution in [1.29, 1.82) is 0 Å². The van der Waals surface area contributed by atoms with Crippen molar-refractivity contribution < 1.29 is 13.9 Å². The van der Waals surface area contributed by atoms with Gasteiger partial charge in [0.25, 0.3) is 5.91 Å². The number of fused-ring (bicyclic) bond motifs is 1. The van der Waals surface area contributed by atoms with Crippen LogP contribution in [0.15, 0.2) is 52.3 Å². The molecule has 0 fully saturated rings. The van der Waals surface area contributed by atoms with E-state index in [1.165, 1.54) is 0 Å². The number of benzene rings is 2. The van der Waals surface area contributed by atoms with E-state index in [0.29, 0.717) is 29.3 Å². The van der Waals surface area contributed by atoms with Crippen molar-refractivity contribution in [3.05, 3.63) is 69.9 Å². The highest BCUT2D eigenvalue weighted by molar-refractivity contribution is 7.13. The molecule has 0 saturated heterocycles. The summed E-state index contributed by atoms with van der Waals surface area (Å²) in [6.45, 7) is 2.33. The second-order valence-electron chi connectivity index (χ2n) is 6.58. The lowest BCUT2D eigenvalue weighted by atomic mass is 10.1. The maximum atomic E-state index is 12.5. The number of furan rings is 1. The van der Waals surface area contributed by atoms with Crippen LogP contribution in [0.1, 0.15) is 21.8 Å². The second kappa shape index (κ2) is 8.27. The molecule has 2 heterocycles. The van der Waals surface area contributed by atoms with Crippen molar-refractivity contribution in [2.24, 2.45) is 0 Å². The standard InChI is InChI=1S/C22H19ClN2O3S/c1-13-18-11-15(23)5-8-19(18)28-20(13)21(26)24-10-9-16-12-29-22(25-16)14-3-6-17(27-2)7-4-14/h3-8,11-12H,9-10H2,1-2H3,(H,24,26). The predicted octanol–water partition coefficient (Wildman–Crippen LogP) is 5.50. The number of rotatable bonds is 6. The van der Waals surface area contributed by atoms with Crippen LogP contribution >= 0.6 is 22.9 Å². The quantitative estimate of drug-likeness (QED) is 0.442. The summed E-state index contributed by atoms with van der Waals surface area (Å²) in [6, 6.07) is 13.1. The first-order valence-electron chi connectivity index (χ1n) is 9.11. The van der Waals surface area contributed by atoms with Gasteiger partial charge in [-0.1, -0.05) is 11.6 Å². The number of amides is 1. The first kappa shape index (κ1) is 19.5. The molecule has 148 valence electrons. The zero-order valence-corrected chi connectivity index (χ0v) is 17.6. The molecule has 4 aromatic rings. The van der Waals surface area contributed by atoms with Crippen LogP contribution in [0.2, 0.25) is 5.02 Å². The Kier molecular flexibility index (Phi) is 5.56.